The minimum Gasteiger partial charge on any atom is -0.461 e. The second-order valence-electron chi connectivity index (χ2n) is 6.83. The third-order valence-corrected chi connectivity index (χ3v) is 4.84. The van der Waals surface area contributed by atoms with Gasteiger partial charge in [-0.2, -0.15) is 0 Å². The highest BCUT2D eigenvalue weighted by atomic mass is 16.3. The number of furan rings is 1. The first-order chi connectivity index (χ1) is 11.1. The number of carbonyl (C=O) groups is 1. The van der Waals surface area contributed by atoms with E-state index in [0.29, 0.717) is 12.5 Å². The first-order valence-corrected chi connectivity index (χ1v) is 8.58. The lowest BCUT2D eigenvalue weighted by atomic mass is 10.3. The van der Waals surface area contributed by atoms with Crippen LogP contribution in [0.2, 0.25) is 0 Å². The first-order valence-electron chi connectivity index (χ1n) is 8.58. The van der Waals surface area contributed by atoms with Crippen molar-refractivity contribution in [2.75, 3.05) is 46.3 Å². The maximum absolute atomic E-state index is 11.8. The highest BCUT2D eigenvalue weighted by Crippen LogP contribution is 2.47. The molecule has 1 aliphatic carbocycles. The second-order valence-corrected chi connectivity index (χ2v) is 6.83. The Kier molecular flexibility index (Phi) is 5.18. The van der Waals surface area contributed by atoms with Crippen molar-refractivity contribution in [2.24, 2.45) is 5.92 Å². The quantitative estimate of drug-likeness (QED) is 0.813. The van der Waals surface area contributed by atoms with Gasteiger partial charge in [0.2, 0.25) is 5.91 Å². The lowest BCUT2D eigenvalue weighted by Crippen LogP contribution is -2.46. The molecule has 0 bridgehead atoms. The number of rotatable bonds is 6. The summed E-state index contributed by atoms with van der Waals surface area (Å²) in [6.07, 6.45) is 4.52. The largest absolute Gasteiger partial charge is 0.461 e. The molecule has 1 amide bonds. The number of piperazine rings is 1. The van der Waals surface area contributed by atoms with Gasteiger partial charge in [0.15, 0.2) is 0 Å². The van der Waals surface area contributed by atoms with Crippen LogP contribution in [0.25, 0.3) is 6.08 Å². The van der Waals surface area contributed by atoms with Crippen LogP contribution in [0.1, 0.15) is 30.8 Å². The van der Waals surface area contributed by atoms with Crippen molar-refractivity contribution in [3.63, 3.8) is 0 Å². The number of hydrogen-bond donors (Lipinski definition) is 1. The van der Waals surface area contributed by atoms with E-state index in [9.17, 15) is 4.79 Å². The molecule has 1 saturated heterocycles. The Morgan fingerprint density at radius 3 is 2.78 bits per heavy atom. The first kappa shape index (κ1) is 16.3. The molecule has 1 aromatic heterocycles. The van der Waals surface area contributed by atoms with Crippen LogP contribution in [0.3, 0.4) is 0 Å². The van der Waals surface area contributed by atoms with E-state index in [2.05, 4.69) is 29.1 Å². The Morgan fingerprint density at radius 1 is 1.35 bits per heavy atom. The summed E-state index contributed by atoms with van der Waals surface area (Å²) in [5, 5.41) is 2.94. The molecule has 1 N–H and O–H groups in total. The maximum atomic E-state index is 11.8. The van der Waals surface area contributed by atoms with Crippen LogP contribution in [0, 0.1) is 5.92 Å². The monoisotopic (exact) mass is 317 g/mol. The highest BCUT2D eigenvalue weighted by Gasteiger charge is 2.36. The van der Waals surface area contributed by atoms with Gasteiger partial charge in [0, 0.05) is 51.3 Å². The van der Waals surface area contributed by atoms with E-state index in [1.165, 1.54) is 6.42 Å². The minimum atomic E-state index is -0.0585. The predicted molar refractivity (Wildman–Crippen MR) is 91.2 cm³/mol. The molecule has 1 saturated carbocycles. The molecule has 3 rings (SSSR count). The van der Waals surface area contributed by atoms with Gasteiger partial charge in [0.1, 0.15) is 11.5 Å². The number of nitrogens with one attached hydrogen (secondary N) is 1. The van der Waals surface area contributed by atoms with Crippen molar-refractivity contribution in [1.29, 1.82) is 0 Å². The van der Waals surface area contributed by atoms with E-state index in [0.717, 1.165) is 50.2 Å². The third kappa shape index (κ3) is 4.69. The molecule has 2 heterocycles. The van der Waals surface area contributed by atoms with Gasteiger partial charge >= 0.3 is 0 Å². The smallest absolute Gasteiger partial charge is 0.244 e. The summed E-state index contributed by atoms with van der Waals surface area (Å²) in [6.45, 7) is 8.21. The zero-order valence-corrected chi connectivity index (χ0v) is 14.1. The van der Waals surface area contributed by atoms with Crippen molar-refractivity contribution < 1.29 is 9.21 Å². The van der Waals surface area contributed by atoms with Crippen molar-refractivity contribution >= 4 is 12.0 Å². The van der Waals surface area contributed by atoms with Crippen LogP contribution >= 0.6 is 0 Å². The highest BCUT2D eigenvalue weighted by molar-refractivity contribution is 5.91. The van der Waals surface area contributed by atoms with Crippen molar-refractivity contribution in [1.82, 2.24) is 15.1 Å². The Labute approximate surface area is 138 Å². The van der Waals surface area contributed by atoms with Crippen LogP contribution in [-0.4, -0.2) is 62.0 Å². The van der Waals surface area contributed by atoms with E-state index < -0.39 is 0 Å². The van der Waals surface area contributed by atoms with E-state index >= 15 is 0 Å². The van der Waals surface area contributed by atoms with Gasteiger partial charge < -0.3 is 14.6 Å². The normalized spacial score (nSPS) is 25.8. The molecular formula is C18H27N3O2. The number of carbonyl (C=O) groups excluding carboxylic acids is 1. The fraction of sp³-hybridized carbons (Fsp3) is 0.611. The molecule has 5 nitrogen and oxygen atoms in total. The number of nitrogens with zero attached hydrogens (tertiary/aromatic N) is 2. The number of likely N-dealkylation sites (N-methyl/N-ethyl adjacent to an activating group) is 1. The van der Waals surface area contributed by atoms with Crippen LogP contribution in [-0.2, 0) is 4.79 Å². The van der Waals surface area contributed by atoms with Crippen LogP contribution in [0.15, 0.2) is 22.6 Å². The van der Waals surface area contributed by atoms with Gasteiger partial charge in [-0.05, 0) is 37.6 Å². The zero-order chi connectivity index (χ0) is 16.2. The summed E-state index contributed by atoms with van der Waals surface area (Å²) < 4.78 is 5.76. The molecule has 1 aromatic rings. The van der Waals surface area contributed by atoms with Gasteiger partial charge in [-0.3, -0.25) is 9.69 Å². The molecule has 0 radical (unpaired) electrons. The molecule has 2 fully saturated rings. The van der Waals surface area contributed by atoms with Gasteiger partial charge in [-0.25, -0.2) is 0 Å². The molecule has 5 heteroatoms. The standard InChI is InChI=1S/C18H27N3O2/c1-14-13-16(14)17-5-3-15(23-17)4-6-18(22)19-7-8-21-11-9-20(2)10-12-21/h3-6,14,16H,7-13H2,1-2H3,(H,19,22)/b6-4+/t14-,16+/m1/s1. The second kappa shape index (κ2) is 7.32. The molecule has 2 atom stereocenters. The Balaban J connectivity index is 1.36. The molecule has 126 valence electrons. The summed E-state index contributed by atoms with van der Waals surface area (Å²) in [5.41, 5.74) is 0. The lowest BCUT2D eigenvalue weighted by molar-refractivity contribution is -0.116. The molecule has 0 unspecified atom stereocenters. The van der Waals surface area contributed by atoms with Gasteiger partial charge in [0.05, 0.1) is 0 Å². The molecule has 0 aromatic carbocycles. The van der Waals surface area contributed by atoms with E-state index in [-0.39, 0.29) is 5.91 Å². The van der Waals surface area contributed by atoms with E-state index in [1.54, 1.807) is 12.2 Å². The lowest BCUT2D eigenvalue weighted by Gasteiger charge is -2.32. The zero-order valence-electron chi connectivity index (χ0n) is 14.1. The average molecular weight is 317 g/mol. The summed E-state index contributed by atoms with van der Waals surface area (Å²) in [4.78, 5) is 16.6. The van der Waals surface area contributed by atoms with E-state index in [4.69, 9.17) is 4.42 Å². The molecule has 2 aliphatic rings. The minimum absolute atomic E-state index is 0.0585. The maximum Gasteiger partial charge on any atom is 0.244 e. The fourth-order valence-corrected chi connectivity index (χ4v) is 3.00. The Hall–Kier alpha value is -1.59. The number of hydrogen-bond acceptors (Lipinski definition) is 4. The summed E-state index contributed by atoms with van der Waals surface area (Å²) in [6, 6.07) is 3.97. The van der Waals surface area contributed by atoms with Crippen molar-refractivity contribution in [2.45, 2.75) is 19.3 Å². The van der Waals surface area contributed by atoms with E-state index in [1.807, 2.05) is 12.1 Å². The van der Waals surface area contributed by atoms with Crippen LogP contribution < -0.4 is 5.32 Å². The average Bonchev–Trinajstić information content (AvgIpc) is 3.09. The fourth-order valence-electron chi connectivity index (χ4n) is 3.00. The van der Waals surface area contributed by atoms with Crippen molar-refractivity contribution in [3.8, 4) is 0 Å². The molecular weight excluding hydrogens is 290 g/mol. The summed E-state index contributed by atoms with van der Waals surface area (Å²) in [5.74, 6) is 3.06. The molecule has 23 heavy (non-hydrogen) atoms. The Bertz CT molecular complexity index is 558. The van der Waals surface area contributed by atoms with Crippen LogP contribution in [0.4, 0.5) is 0 Å². The number of amides is 1. The summed E-state index contributed by atoms with van der Waals surface area (Å²) >= 11 is 0. The molecule has 1 aliphatic heterocycles. The predicted octanol–water partition coefficient (Wildman–Crippen LogP) is 1.78. The third-order valence-electron chi connectivity index (χ3n) is 4.84. The SMILES string of the molecule is C[C@@H]1C[C@@H]1c1ccc(/C=C/C(=O)NCCN2CCN(C)CC2)o1. The Morgan fingerprint density at radius 2 is 2.09 bits per heavy atom. The van der Waals surface area contributed by atoms with Crippen LogP contribution in [0.5, 0.6) is 0 Å². The molecule has 0 spiro atoms. The summed E-state index contributed by atoms with van der Waals surface area (Å²) in [7, 11) is 2.15. The van der Waals surface area contributed by atoms with Gasteiger partial charge in [-0.15, -0.1) is 0 Å². The topological polar surface area (TPSA) is 48.7 Å². The van der Waals surface area contributed by atoms with Gasteiger partial charge in [-0.1, -0.05) is 6.92 Å². The van der Waals surface area contributed by atoms with Gasteiger partial charge in [0.25, 0.3) is 0 Å². The van der Waals surface area contributed by atoms with Crippen molar-refractivity contribution in [3.05, 3.63) is 29.7 Å².